The summed E-state index contributed by atoms with van der Waals surface area (Å²) in [6, 6.07) is 7.41. The van der Waals surface area contributed by atoms with Crippen LogP contribution >= 0.6 is 11.6 Å². The van der Waals surface area contributed by atoms with Crippen LogP contribution in [0.3, 0.4) is 0 Å². The summed E-state index contributed by atoms with van der Waals surface area (Å²) in [5, 5.41) is 4.45. The Bertz CT molecular complexity index is 624. The molecular weight excluding hydrogens is 270 g/mol. The summed E-state index contributed by atoms with van der Waals surface area (Å²) in [7, 11) is 0. The first-order valence-electron chi connectivity index (χ1n) is 7.71. The van der Waals surface area contributed by atoms with Crippen LogP contribution in [0.5, 0.6) is 0 Å². The monoisotopic (exact) mass is 289 g/mol. The van der Waals surface area contributed by atoms with Crippen molar-refractivity contribution in [1.29, 1.82) is 0 Å². The van der Waals surface area contributed by atoms with E-state index in [2.05, 4.69) is 16.0 Å². The summed E-state index contributed by atoms with van der Waals surface area (Å²) < 4.78 is 2.42. The first-order valence-corrected chi connectivity index (χ1v) is 8.09. The van der Waals surface area contributed by atoms with Crippen molar-refractivity contribution < 1.29 is 0 Å². The topological polar surface area (TPSA) is 29.9 Å². The molecule has 0 aliphatic heterocycles. The normalized spacial score (nSPS) is 20.1. The molecule has 2 fully saturated rings. The average Bonchev–Trinajstić information content (AvgIpc) is 3.01. The lowest BCUT2D eigenvalue weighted by molar-refractivity contribution is 0.502. The molecule has 0 unspecified atom stereocenters. The van der Waals surface area contributed by atoms with Gasteiger partial charge in [0.1, 0.15) is 5.82 Å². The summed E-state index contributed by atoms with van der Waals surface area (Å²) in [5.41, 5.74) is 2.27. The van der Waals surface area contributed by atoms with Gasteiger partial charge in [-0.3, -0.25) is 0 Å². The van der Waals surface area contributed by atoms with Gasteiger partial charge in [-0.05, 0) is 43.9 Å². The standard InChI is InChI=1S/C16H20ClN3/c17-11-5-8-15-14(9-11)19-16(20(15)13-6-7-13)10-18-12-3-1-2-4-12/h5,8-9,12-13,18H,1-4,6-7,10H2. The van der Waals surface area contributed by atoms with Gasteiger partial charge in [-0.15, -0.1) is 0 Å². The van der Waals surface area contributed by atoms with Crippen molar-refractivity contribution >= 4 is 22.6 Å². The second kappa shape index (κ2) is 5.05. The van der Waals surface area contributed by atoms with Gasteiger partial charge in [-0.25, -0.2) is 4.98 Å². The summed E-state index contributed by atoms with van der Waals surface area (Å²) >= 11 is 6.09. The van der Waals surface area contributed by atoms with E-state index in [1.807, 2.05) is 12.1 Å². The van der Waals surface area contributed by atoms with Crippen LogP contribution in [0.15, 0.2) is 18.2 Å². The maximum absolute atomic E-state index is 6.09. The minimum absolute atomic E-state index is 0.654. The molecule has 2 aliphatic rings. The van der Waals surface area contributed by atoms with Crippen molar-refractivity contribution in [2.24, 2.45) is 0 Å². The van der Waals surface area contributed by atoms with E-state index in [0.717, 1.165) is 17.1 Å². The molecule has 0 saturated heterocycles. The number of aromatic nitrogens is 2. The van der Waals surface area contributed by atoms with Crippen molar-refractivity contribution in [2.45, 2.75) is 57.2 Å². The smallest absolute Gasteiger partial charge is 0.124 e. The van der Waals surface area contributed by atoms with E-state index in [4.69, 9.17) is 16.6 Å². The Morgan fingerprint density at radius 1 is 1.20 bits per heavy atom. The maximum atomic E-state index is 6.09. The van der Waals surface area contributed by atoms with Crippen LogP contribution in [0.25, 0.3) is 11.0 Å². The molecule has 2 aromatic rings. The Labute approximate surface area is 124 Å². The number of hydrogen-bond acceptors (Lipinski definition) is 2. The lowest BCUT2D eigenvalue weighted by Crippen LogP contribution is -2.26. The molecule has 0 radical (unpaired) electrons. The number of rotatable bonds is 4. The third-order valence-electron chi connectivity index (χ3n) is 4.54. The van der Waals surface area contributed by atoms with Crippen LogP contribution in [0.4, 0.5) is 0 Å². The molecule has 2 aliphatic carbocycles. The van der Waals surface area contributed by atoms with Crippen LogP contribution in [-0.2, 0) is 6.54 Å². The van der Waals surface area contributed by atoms with Gasteiger partial charge in [-0.2, -0.15) is 0 Å². The van der Waals surface area contributed by atoms with E-state index in [1.165, 1.54) is 49.9 Å². The zero-order chi connectivity index (χ0) is 13.5. The fraction of sp³-hybridized carbons (Fsp3) is 0.562. The molecule has 0 amide bonds. The zero-order valence-corrected chi connectivity index (χ0v) is 12.4. The first kappa shape index (κ1) is 12.7. The molecule has 4 heteroatoms. The van der Waals surface area contributed by atoms with E-state index in [0.29, 0.717) is 12.1 Å². The molecule has 2 saturated carbocycles. The largest absolute Gasteiger partial charge is 0.324 e. The second-order valence-electron chi connectivity index (χ2n) is 6.12. The zero-order valence-electron chi connectivity index (χ0n) is 11.6. The highest BCUT2D eigenvalue weighted by atomic mass is 35.5. The quantitative estimate of drug-likeness (QED) is 0.920. The molecule has 1 aromatic heterocycles. The molecule has 1 aromatic carbocycles. The fourth-order valence-electron chi connectivity index (χ4n) is 3.35. The lowest BCUT2D eigenvalue weighted by atomic mass is 10.2. The van der Waals surface area contributed by atoms with Crippen LogP contribution in [0.1, 0.15) is 50.4 Å². The van der Waals surface area contributed by atoms with Gasteiger partial charge in [0.2, 0.25) is 0 Å². The summed E-state index contributed by atoms with van der Waals surface area (Å²) in [6.07, 6.45) is 7.93. The predicted molar refractivity (Wildman–Crippen MR) is 82.1 cm³/mol. The molecule has 3 nitrogen and oxygen atoms in total. The van der Waals surface area contributed by atoms with E-state index in [1.54, 1.807) is 0 Å². The van der Waals surface area contributed by atoms with Crippen LogP contribution < -0.4 is 5.32 Å². The first-order chi connectivity index (χ1) is 9.81. The average molecular weight is 290 g/mol. The predicted octanol–water partition coefficient (Wildman–Crippen LogP) is 4.06. The van der Waals surface area contributed by atoms with Gasteiger partial charge in [0, 0.05) is 17.1 Å². The van der Waals surface area contributed by atoms with Crippen molar-refractivity contribution in [1.82, 2.24) is 14.9 Å². The highest BCUT2D eigenvalue weighted by Crippen LogP contribution is 2.39. The molecule has 106 valence electrons. The SMILES string of the molecule is Clc1ccc2c(c1)nc(CNC1CCCC1)n2C1CC1. The maximum Gasteiger partial charge on any atom is 0.124 e. The van der Waals surface area contributed by atoms with Crippen molar-refractivity contribution in [3.8, 4) is 0 Å². The number of halogens is 1. The number of nitrogens with zero attached hydrogens (tertiary/aromatic N) is 2. The fourth-order valence-corrected chi connectivity index (χ4v) is 3.52. The third kappa shape index (κ3) is 2.33. The van der Waals surface area contributed by atoms with E-state index < -0.39 is 0 Å². The number of fused-ring (bicyclic) bond motifs is 1. The Hall–Kier alpha value is -1.06. The molecule has 0 bridgehead atoms. The van der Waals surface area contributed by atoms with Gasteiger partial charge in [0.05, 0.1) is 17.6 Å². The number of hydrogen-bond donors (Lipinski definition) is 1. The Morgan fingerprint density at radius 2 is 2.00 bits per heavy atom. The Kier molecular flexibility index (Phi) is 3.20. The van der Waals surface area contributed by atoms with Gasteiger partial charge >= 0.3 is 0 Å². The minimum atomic E-state index is 0.654. The Morgan fingerprint density at radius 3 is 2.75 bits per heavy atom. The molecule has 0 atom stereocenters. The number of imidazole rings is 1. The number of nitrogens with one attached hydrogen (secondary N) is 1. The highest BCUT2D eigenvalue weighted by molar-refractivity contribution is 6.31. The summed E-state index contributed by atoms with van der Waals surface area (Å²) in [4.78, 5) is 4.81. The van der Waals surface area contributed by atoms with E-state index in [9.17, 15) is 0 Å². The van der Waals surface area contributed by atoms with Crippen molar-refractivity contribution in [3.05, 3.63) is 29.0 Å². The lowest BCUT2D eigenvalue weighted by Gasteiger charge is -2.13. The summed E-state index contributed by atoms with van der Waals surface area (Å²) in [5.74, 6) is 1.18. The van der Waals surface area contributed by atoms with Crippen LogP contribution in [-0.4, -0.2) is 15.6 Å². The molecule has 20 heavy (non-hydrogen) atoms. The number of benzene rings is 1. The second-order valence-corrected chi connectivity index (χ2v) is 6.56. The minimum Gasteiger partial charge on any atom is -0.324 e. The molecule has 1 heterocycles. The third-order valence-corrected chi connectivity index (χ3v) is 4.78. The highest BCUT2D eigenvalue weighted by Gasteiger charge is 2.28. The van der Waals surface area contributed by atoms with Crippen molar-refractivity contribution in [2.75, 3.05) is 0 Å². The van der Waals surface area contributed by atoms with E-state index in [-0.39, 0.29) is 0 Å². The van der Waals surface area contributed by atoms with Gasteiger partial charge in [-0.1, -0.05) is 24.4 Å². The van der Waals surface area contributed by atoms with Gasteiger partial charge in [0.15, 0.2) is 0 Å². The van der Waals surface area contributed by atoms with Crippen LogP contribution in [0, 0.1) is 0 Å². The van der Waals surface area contributed by atoms with E-state index >= 15 is 0 Å². The summed E-state index contributed by atoms with van der Waals surface area (Å²) in [6.45, 7) is 0.882. The van der Waals surface area contributed by atoms with Gasteiger partial charge in [0.25, 0.3) is 0 Å². The van der Waals surface area contributed by atoms with Crippen LogP contribution in [0.2, 0.25) is 5.02 Å². The molecular formula is C16H20ClN3. The van der Waals surface area contributed by atoms with Crippen molar-refractivity contribution in [3.63, 3.8) is 0 Å². The Balaban J connectivity index is 1.64. The molecule has 4 rings (SSSR count). The van der Waals surface area contributed by atoms with Gasteiger partial charge < -0.3 is 9.88 Å². The molecule has 1 N–H and O–H groups in total. The molecule has 0 spiro atoms.